The zero-order valence-corrected chi connectivity index (χ0v) is 31.4. The first-order chi connectivity index (χ1) is 25.7. The van der Waals surface area contributed by atoms with Crippen LogP contribution >= 0.6 is 0 Å². The SMILES string of the molecule is CCC(C)CC(=O)N1CCCC1c1cnc(-c2ccc3c(c2)Oc2ccc(-c4ncc(C5CCCN5C(=O)C(NC(=O)OC)C(C)CC)[nH]4)cc2C3)[nH]1. The van der Waals surface area contributed by atoms with Crippen molar-refractivity contribution in [2.45, 2.75) is 97.2 Å². The maximum Gasteiger partial charge on any atom is 0.407 e. The standard InChI is InChI=1S/C41H51N7O5/c1-6-24(3)18-36(49)47-16-8-10-32(47)30-22-43-39(44-30)28-13-12-26-19-29-20-27(14-15-34(29)53-35(26)21-28)38-42-23-31(45-38)33-11-9-17-48(33)40(50)37(25(4)7-2)46-41(51)52-5/h12-15,20-25,32-33,37H,6-11,16-19H2,1-5H3,(H,42,45)(H,43,44)(H,46,51). The molecule has 5 unspecified atom stereocenters. The average Bonchev–Trinajstić information content (AvgIpc) is 4.01. The van der Waals surface area contributed by atoms with Gasteiger partial charge in [0, 0.05) is 42.6 Å². The molecule has 12 heteroatoms. The van der Waals surface area contributed by atoms with E-state index < -0.39 is 12.1 Å². The number of ether oxygens (including phenoxy) is 2. The Morgan fingerprint density at radius 2 is 1.51 bits per heavy atom. The predicted octanol–water partition coefficient (Wildman–Crippen LogP) is 7.70. The van der Waals surface area contributed by atoms with Crippen molar-refractivity contribution in [1.82, 2.24) is 35.1 Å². The van der Waals surface area contributed by atoms with E-state index in [0.29, 0.717) is 25.3 Å². The highest BCUT2D eigenvalue weighted by Crippen LogP contribution is 2.41. The molecule has 3 aliphatic heterocycles. The van der Waals surface area contributed by atoms with E-state index in [1.165, 1.54) is 7.11 Å². The molecule has 4 aromatic rings. The number of aromatic nitrogens is 4. The number of carbonyl (C=O) groups excluding carboxylic acids is 3. The largest absolute Gasteiger partial charge is 0.457 e. The van der Waals surface area contributed by atoms with Crippen LogP contribution in [0.25, 0.3) is 22.8 Å². The van der Waals surface area contributed by atoms with Gasteiger partial charge in [0.05, 0.1) is 43.0 Å². The monoisotopic (exact) mass is 721 g/mol. The van der Waals surface area contributed by atoms with Gasteiger partial charge >= 0.3 is 6.09 Å². The van der Waals surface area contributed by atoms with E-state index in [0.717, 1.165) is 102 Å². The number of rotatable bonds is 11. The minimum atomic E-state index is -0.661. The summed E-state index contributed by atoms with van der Waals surface area (Å²) >= 11 is 0. The number of imidazole rings is 2. The van der Waals surface area contributed by atoms with Crippen LogP contribution < -0.4 is 10.1 Å². The number of hydrogen-bond acceptors (Lipinski definition) is 7. The summed E-state index contributed by atoms with van der Waals surface area (Å²) in [7, 11) is 1.31. The lowest BCUT2D eigenvalue weighted by Crippen LogP contribution is -2.51. The van der Waals surface area contributed by atoms with Crippen molar-refractivity contribution >= 4 is 17.9 Å². The van der Waals surface area contributed by atoms with Crippen LogP contribution in [0.2, 0.25) is 0 Å². The number of nitrogens with zero attached hydrogens (tertiary/aromatic N) is 4. The van der Waals surface area contributed by atoms with Gasteiger partial charge in [-0.15, -0.1) is 0 Å². The van der Waals surface area contributed by atoms with E-state index in [1.54, 1.807) is 0 Å². The number of benzene rings is 2. The second kappa shape index (κ2) is 15.5. The fraction of sp³-hybridized carbons (Fsp3) is 0.488. The lowest BCUT2D eigenvalue weighted by molar-refractivity contribution is -0.135. The van der Waals surface area contributed by atoms with Crippen molar-refractivity contribution in [1.29, 1.82) is 0 Å². The van der Waals surface area contributed by atoms with Crippen molar-refractivity contribution in [3.05, 3.63) is 71.3 Å². The number of aromatic amines is 2. The Morgan fingerprint density at radius 1 is 0.868 bits per heavy atom. The van der Waals surface area contributed by atoms with Crippen LogP contribution in [-0.2, 0) is 20.7 Å². The zero-order chi connectivity index (χ0) is 37.2. The number of fused-ring (bicyclic) bond motifs is 2. The first kappa shape index (κ1) is 36.2. The quantitative estimate of drug-likeness (QED) is 0.127. The molecule has 0 radical (unpaired) electrons. The number of methoxy groups -OCH3 is 1. The molecule has 0 aliphatic carbocycles. The molecule has 2 aromatic carbocycles. The van der Waals surface area contributed by atoms with Crippen LogP contribution in [0.1, 0.15) is 107 Å². The molecule has 5 atom stereocenters. The van der Waals surface area contributed by atoms with Gasteiger partial charge in [0.25, 0.3) is 0 Å². The topological polar surface area (TPSA) is 146 Å². The third kappa shape index (κ3) is 7.41. The van der Waals surface area contributed by atoms with Crippen LogP contribution in [0.5, 0.6) is 11.5 Å². The number of hydrogen-bond donors (Lipinski definition) is 3. The second-order valence-corrected chi connectivity index (χ2v) is 14.9. The lowest BCUT2D eigenvalue weighted by atomic mass is 9.97. The fourth-order valence-electron chi connectivity index (χ4n) is 7.88. The van der Waals surface area contributed by atoms with Gasteiger partial charge in [-0.05, 0) is 67.3 Å². The number of likely N-dealkylation sites (tertiary alicyclic amines) is 2. The van der Waals surface area contributed by atoms with E-state index in [1.807, 2.05) is 54.2 Å². The molecule has 0 bridgehead atoms. The summed E-state index contributed by atoms with van der Waals surface area (Å²) in [4.78, 5) is 59.2. The van der Waals surface area contributed by atoms with E-state index in [-0.39, 0.29) is 29.8 Å². The van der Waals surface area contributed by atoms with Gasteiger partial charge in [-0.3, -0.25) is 9.59 Å². The number of amides is 3. The molecule has 0 saturated carbocycles. The van der Waals surface area contributed by atoms with Crippen LogP contribution in [0, 0.1) is 11.8 Å². The van der Waals surface area contributed by atoms with E-state index in [2.05, 4.69) is 47.3 Å². The van der Waals surface area contributed by atoms with E-state index in [9.17, 15) is 14.4 Å². The maximum atomic E-state index is 13.7. The summed E-state index contributed by atoms with van der Waals surface area (Å²) < 4.78 is 11.2. The van der Waals surface area contributed by atoms with Gasteiger partial charge in [-0.2, -0.15) is 0 Å². The molecule has 0 spiro atoms. The van der Waals surface area contributed by atoms with E-state index in [4.69, 9.17) is 19.4 Å². The third-order valence-corrected chi connectivity index (χ3v) is 11.5. The van der Waals surface area contributed by atoms with Crippen LogP contribution in [0.4, 0.5) is 4.79 Å². The third-order valence-electron chi connectivity index (χ3n) is 11.5. The molecule has 3 N–H and O–H groups in total. The van der Waals surface area contributed by atoms with Crippen molar-refractivity contribution in [2.75, 3.05) is 20.2 Å². The molecule has 12 nitrogen and oxygen atoms in total. The number of H-pyrrole nitrogens is 2. The van der Waals surface area contributed by atoms with Crippen molar-refractivity contribution in [3.8, 4) is 34.3 Å². The zero-order valence-electron chi connectivity index (χ0n) is 31.4. The average molecular weight is 722 g/mol. The van der Waals surface area contributed by atoms with Gasteiger partial charge in [-0.1, -0.05) is 52.7 Å². The molecule has 2 aromatic heterocycles. The normalized spacial score (nSPS) is 19.6. The van der Waals surface area contributed by atoms with Crippen LogP contribution in [0.15, 0.2) is 48.8 Å². The Bertz CT molecular complexity index is 1970. The van der Waals surface area contributed by atoms with E-state index >= 15 is 0 Å². The smallest absolute Gasteiger partial charge is 0.407 e. The Balaban J connectivity index is 1.04. The molecule has 53 heavy (non-hydrogen) atoms. The van der Waals surface area contributed by atoms with Crippen molar-refractivity contribution in [2.24, 2.45) is 11.8 Å². The second-order valence-electron chi connectivity index (χ2n) is 14.9. The molecular formula is C41H51N7O5. The number of alkyl carbamates (subject to hydrolysis) is 1. The summed E-state index contributed by atoms with van der Waals surface area (Å²) in [6, 6.07) is 11.5. The van der Waals surface area contributed by atoms with Gasteiger partial charge < -0.3 is 34.6 Å². The summed E-state index contributed by atoms with van der Waals surface area (Å²) in [6.07, 6.45) is 9.74. The summed E-state index contributed by atoms with van der Waals surface area (Å²) in [5, 5.41) is 2.76. The van der Waals surface area contributed by atoms with Gasteiger partial charge in [0.2, 0.25) is 11.8 Å². The molecule has 2 saturated heterocycles. The molecule has 5 heterocycles. The summed E-state index contributed by atoms with van der Waals surface area (Å²) in [5.74, 6) is 3.55. The molecule has 7 rings (SSSR count). The van der Waals surface area contributed by atoms with Crippen LogP contribution in [-0.4, -0.2) is 73.9 Å². The number of nitrogens with one attached hydrogen (secondary N) is 3. The highest BCUT2D eigenvalue weighted by atomic mass is 16.5. The Labute approximate surface area is 311 Å². The fourth-order valence-corrected chi connectivity index (χ4v) is 7.88. The Kier molecular flexibility index (Phi) is 10.6. The Morgan fingerprint density at radius 3 is 2.17 bits per heavy atom. The van der Waals surface area contributed by atoms with Gasteiger partial charge in [0.15, 0.2) is 0 Å². The van der Waals surface area contributed by atoms with Crippen LogP contribution in [0.3, 0.4) is 0 Å². The first-order valence-corrected chi connectivity index (χ1v) is 19.2. The molecule has 2 fully saturated rings. The maximum absolute atomic E-state index is 13.7. The number of carbonyl (C=O) groups is 3. The molecule has 280 valence electrons. The highest BCUT2D eigenvalue weighted by molar-refractivity contribution is 5.86. The summed E-state index contributed by atoms with van der Waals surface area (Å²) in [5.41, 5.74) is 5.87. The van der Waals surface area contributed by atoms with Gasteiger partial charge in [-0.25, -0.2) is 14.8 Å². The first-order valence-electron chi connectivity index (χ1n) is 19.2. The molecule has 3 amide bonds. The summed E-state index contributed by atoms with van der Waals surface area (Å²) in [6.45, 7) is 9.65. The minimum Gasteiger partial charge on any atom is -0.457 e. The molecule has 3 aliphatic rings. The predicted molar refractivity (Wildman–Crippen MR) is 201 cm³/mol. The van der Waals surface area contributed by atoms with Crippen molar-refractivity contribution < 1.29 is 23.9 Å². The minimum absolute atomic E-state index is 0.0323. The highest BCUT2D eigenvalue weighted by Gasteiger charge is 2.38. The lowest BCUT2D eigenvalue weighted by Gasteiger charge is -2.31. The van der Waals surface area contributed by atoms with Gasteiger partial charge in [0.1, 0.15) is 29.2 Å². The van der Waals surface area contributed by atoms with Crippen molar-refractivity contribution in [3.63, 3.8) is 0 Å². The molecular weight excluding hydrogens is 670 g/mol. The Hall–Kier alpha value is -5.13.